The zero-order valence-corrected chi connectivity index (χ0v) is 12.1. The van der Waals surface area contributed by atoms with Gasteiger partial charge in [0.15, 0.2) is 0 Å². The van der Waals surface area contributed by atoms with E-state index in [1.54, 1.807) is 6.33 Å². The minimum atomic E-state index is 0.382. The third kappa shape index (κ3) is 3.31. The Labute approximate surface area is 110 Å². The summed E-state index contributed by atoms with van der Waals surface area (Å²) < 4.78 is 2.00. The van der Waals surface area contributed by atoms with Crippen LogP contribution in [0.3, 0.4) is 0 Å². The third-order valence-corrected chi connectivity index (χ3v) is 3.89. The summed E-state index contributed by atoms with van der Waals surface area (Å²) in [5.74, 6) is 1.05. The van der Waals surface area contributed by atoms with Gasteiger partial charge in [0.25, 0.3) is 0 Å². The second kappa shape index (κ2) is 5.39. The minimum absolute atomic E-state index is 0.382. The molecule has 1 aliphatic carbocycles. The van der Waals surface area contributed by atoms with E-state index in [0.717, 1.165) is 12.4 Å². The standard InChI is InChI=1S/C14H26N4/c1-11(2)18-13(16-10-17-18)9-15-12-6-5-7-14(3,4)8-12/h10-12,15H,5-9H2,1-4H3. The molecule has 1 atom stereocenters. The van der Waals surface area contributed by atoms with Crippen molar-refractivity contribution in [1.82, 2.24) is 20.1 Å². The van der Waals surface area contributed by atoms with E-state index in [4.69, 9.17) is 0 Å². The van der Waals surface area contributed by atoms with Crippen molar-refractivity contribution in [2.24, 2.45) is 5.41 Å². The van der Waals surface area contributed by atoms with Crippen LogP contribution in [0.4, 0.5) is 0 Å². The van der Waals surface area contributed by atoms with Crippen LogP contribution in [0.1, 0.15) is 65.2 Å². The molecule has 0 amide bonds. The van der Waals surface area contributed by atoms with Crippen LogP contribution in [0.2, 0.25) is 0 Å². The summed E-state index contributed by atoms with van der Waals surface area (Å²) in [7, 11) is 0. The zero-order chi connectivity index (χ0) is 13.2. The van der Waals surface area contributed by atoms with Crippen molar-refractivity contribution < 1.29 is 0 Å². The van der Waals surface area contributed by atoms with Gasteiger partial charge < -0.3 is 5.32 Å². The first-order valence-electron chi connectivity index (χ1n) is 7.10. The molecule has 1 saturated carbocycles. The van der Waals surface area contributed by atoms with Crippen molar-refractivity contribution in [3.63, 3.8) is 0 Å². The van der Waals surface area contributed by atoms with Gasteiger partial charge in [-0.3, -0.25) is 0 Å². The number of aromatic nitrogens is 3. The van der Waals surface area contributed by atoms with Gasteiger partial charge in [-0.15, -0.1) is 0 Å². The number of rotatable bonds is 4. The van der Waals surface area contributed by atoms with Crippen molar-refractivity contribution in [1.29, 1.82) is 0 Å². The second-order valence-corrected chi connectivity index (χ2v) is 6.55. The summed E-state index contributed by atoms with van der Waals surface area (Å²) in [5, 5.41) is 7.93. The van der Waals surface area contributed by atoms with Gasteiger partial charge in [0.1, 0.15) is 12.2 Å². The highest BCUT2D eigenvalue weighted by Crippen LogP contribution is 2.35. The van der Waals surface area contributed by atoms with Gasteiger partial charge in [-0.25, -0.2) is 9.67 Å². The van der Waals surface area contributed by atoms with Crippen LogP contribution in [0.15, 0.2) is 6.33 Å². The van der Waals surface area contributed by atoms with Gasteiger partial charge in [-0.05, 0) is 38.5 Å². The third-order valence-electron chi connectivity index (χ3n) is 3.89. The molecule has 1 heterocycles. The molecule has 102 valence electrons. The van der Waals surface area contributed by atoms with E-state index >= 15 is 0 Å². The fraction of sp³-hybridized carbons (Fsp3) is 0.857. The molecule has 0 aromatic carbocycles. The molecular formula is C14H26N4. The quantitative estimate of drug-likeness (QED) is 0.893. The number of nitrogens with zero attached hydrogens (tertiary/aromatic N) is 3. The molecule has 4 nitrogen and oxygen atoms in total. The van der Waals surface area contributed by atoms with Crippen LogP contribution in [-0.4, -0.2) is 20.8 Å². The number of hydrogen-bond acceptors (Lipinski definition) is 3. The molecule has 1 aromatic rings. The van der Waals surface area contributed by atoms with Crippen LogP contribution in [0.5, 0.6) is 0 Å². The lowest BCUT2D eigenvalue weighted by molar-refractivity contribution is 0.196. The molecule has 1 fully saturated rings. The predicted molar refractivity (Wildman–Crippen MR) is 73.3 cm³/mol. The first-order valence-corrected chi connectivity index (χ1v) is 7.10. The van der Waals surface area contributed by atoms with Crippen LogP contribution in [0.25, 0.3) is 0 Å². The van der Waals surface area contributed by atoms with E-state index in [1.165, 1.54) is 25.7 Å². The summed E-state index contributed by atoms with van der Waals surface area (Å²) in [6.45, 7) is 9.86. The van der Waals surface area contributed by atoms with Gasteiger partial charge in [-0.2, -0.15) is 5.10 Å². The molecule has 0 spiro atoms. The highest BCUT2D eigenvalue weighted by atomic mass is 15.4. The molecule has 0 aliphatic heterocycles. The average molecular weight is 250 g/mol. The first kappa shape index (κ1) is 13.5. The Morgan fingerprint density at radius 3 is 2.94 bits per heavy atom. The molecule has 0 bridgehead atoms. The molecule has 0 radical (unpaired) electrons. The number of hydrogen-bond donors (Lipinski definition) is 1. The summed E-state index contributed by atoms with van der Waals surface area (Å²) in [4.78, 5) is 4.35. The highest BCUT2D eigenvalue weighted by Gasteiger charge is 2.27. The second-order valence-electron chi connectivity index (χ2n) is 6.55. The van der Waals surface area contributed by atoms with Crippen molar-refractivity contribution in [3.05, 3.63) is 12.2 Å². The molecule has 1 N–H and O–H groups in total. The molecule has 1 unspecified atom stereocenters. The maximum atomic E-state index is 4.35. The van der Waals surface area contributed by atoms with Crippen LogP contribution in [-0.2, 0) is 6.54 Å². The van der Waals surface area contributed by atoms with E-state index < -0.39 is 0 Å². The Balaban J connectivity index is 1.89. The maximum absolute atomic E-state index is 4.35. The monoisotopic (exact) mass is 250 g/mol. The first-order chi connectivity index (χ1) is 8.48. The predicted octanol–water partition coefficient (Wildman–Crippen LogP) is 2.92. The van der Waals surface area contributed by atoms with Gasteiger partial charge >= 0.3 is 0 Å². The van der Waals surface area contributed by atoms with Gasteiger partial charge in [0.2, 0.25) is 0 Å². The fourth-order valence-corrected chi connectivity index (χ4v) is 2.94. The summed E-state index contributed by atoms with van der Waals surface area (Å²) >= 11 is 0. The molecule has 18 heavy (non-hydrogen) atoms. The Morgan fingerprint density at radius 1 is 1.50 bits per heavy atom. The van der Waals surface area contributed by atoms with Crippen molar-refractivity contribution in [2.75, 3.05) is 0 Å². The van der Waals surface area contributed by atoms with Gasteiger partial charge in [-0.1, -0.05) is 20.3 Å². The number of nitrogens with one attached hydrogen (secondary N) is 1. The largest absolute Gasteiger partial charge is 0.307 e. The van der Waals surface area contributed by atoms with Crippen LogP contribution < -0.4 is 5.32 Å². The minimum Gasteiger partial charge on any atom is -0.307 e. The Bertz CT molecular complexity index is 381. The van der Waals surface area contributed by atoms with E-state index in [2.05, 4.69) is 43.1 Å². The molecular weight excluding hydrogens is 224 g/mol. The smallest absolute Gasteiger partial charge is 0.141 e. The molecule has 1 aliphatic rings. The molecule has 1 aromatic heterocycles. The SMILES string of the molecule is CC(C)n1ncnc1CNC1CCCC(C)(C)C1. The summed E-state index contributed by atoms with van der Waals surface area (Å²) in [6, 6.07) is 1.01. The average Bonchev–Trinajstić information content (AvgIpc) is 2.73. The lowest BCUT2D eigenvalue weighted by atomic mass is 9.75. The van der Waals surface area contributed by atoms with Gasteiger partial charge in [0.05, 0.1) is 6.54 Å². The van der Waals surface area contributed by atoms with E-state index in [-0.39, 0.29) is 0 Å². The molecule has 2 rings (SSSR count). The Kier molecular flexibility index (Phi) is 4.05. The van der Waals surface area contributed by atoms with Crippen LogP contribution >= 0.6 is 0 Å². The topological polar surface area (TPSA) is 42.7 Å². The lowest BCUT2D eigenvalue weighted by Gasteiger charge is -2.35. The van der Waals surface area contributed by atoms with E-state index in [1.807, 2.05) is 4.68 Å². The Morgan fingerprint density at radius 2 is 2.28 bits per heavy atom. The summed E-state index contributed by atoms with van der Waals surface area (Å²) in [6.07, 6.45) is 6.90. The Hall–Kier alpha value is -0.900. The van der Waals surface area contributed by atoms with Gasteiger partial charge in [0, 0.05) is 12.1 Å². The fourth-order valence-electron chi connectivity index (χ4n) is 2.94. The van der Waals surface area contributed by atoms with Crippen molar-refractivity contribution >= 4 is 0 Å². The molecule has 4 heteroatoms. The normalized spacial score (nSPS) is 23.5. The van der Waals surface area contributed by atoms with E-state index in [0.29, 0.717) is 17.5 Å². The van der Waals surface area contributed by atoms with Crippen molar-refractivity contribution in [2.45, 2.75) is 72.0 Å². The lowest BCUT2D eigenvalue weighted by Crippen LogP contribution is -2.37. The van der Waals surface area contributed by atoms with E-state index in [9.17, 15) is 0 Å². The summed E-state index contributed by atoms with van der Waals surface area (Å²) in [5.41, 5.74) is 0.488. The maximum Gasteiger partial charge on any atom is 0.141 e. The van der Waals surface area contributed by atoms with Crippen LogP contribution in [0, 0.1) is 5.41 Å². The zero-order valence-electron chi connectivity index (χ0n) is 12.1. The highest BCUT2D eigenvalue weighted by molar-refractivity contribution is 4.89. The van der Waals surface area contributed by atoms with Crippen molar-refractivity contribution in [3.8, 4) is 0 Å². The molecule has 0 saturated heterocycles.